The van der Waals surface area contributed by atoms with Crippen molar-refractivity contribution in [2.45, 2.75) is 6.92 Å². The number of halogens is 1. The molecule has 2 amide bonds. The molecular formula is C20H17ClN2O4S. The number of benzene rings is 2. The zero-order valence-electron chi connectivity index (χ0n) is 15.2. The first kappa shape index (κ1) is 19.9. The zero-order chi connectivity index (χ0) is 20.3. The maximum Gasteiger partial charge on any atom is 0.270 e. The lowest BCUT2D eigenvalue weighted by atomic mass is 10.1. The first-order valence-electron chi connectivity index (χ1n) is 8.42. The van der Waals surface area contributed by atoms with E-state index in [1.807, 2.05) is 6.92 Å². The molecule has 2 aromatic carbocycles. The predicted octanol–water partition coefficient (Wildman–Crippen LogP) is 3.58. The summed E-state index contributed by atoms with van der Waals surface area (Å²) < 4.78 is 10.8. The third-order valence-corrected chi connectivity index (χ3v) is 4.52. The average molecular weight is 417 g/mol. The summed E-state index contributed by atoms with van der Waals surface area (Å²) in [5, 5.41) is 3.08. The van der Waals surface area contributed by atoms with Crippen LogP contribution in [0.25, 0.3) is 6.08 Å². The molecule has 0 bridgehead atoms. The number of carbonyl (C=O) groups excluding carboxylic acids is 2. The SMILES string of the molecule is CCOc1ccc(/C=C2/C(=O)NC(=S)N(c3ccc(Cl)cc3)C2=O)cc1OC. The molecule has 6 nitrogen and oxygen atoms in total. The van der Waals surface area contributed by atoms with Crippen molar-refractivity contribution < 1.29 is 19.1 Å². The fourth-order valence-electron chi connectivity index (χ4n) is 2.70. The molecule has 28 heavy (non-hydrogen) atoms. The van der Waals surface area contributed by atoms with Crippen LogP contribution in [-0.2, 0) is 9.59 Å². The second-order valence-corrected chi connectivity index (χ2v) is 6.60. The Bertz CT molecular complexity index is 973. The van der Waals surface area contributed by atoms with Crippen molar-refractivity contribution in [3.05, 3.63) is 58.6 Å². The predicted molar refractivity (Wildman–Crippen MR) is 112 cm³/mol. The Labute approximate surface area is 172 Å². The topological polar surface area (TPSA) is 67.9 Å². The zero-order valence-corrected chi connectivity index (χ0v) is 16.8. The second-order valence-electron chi connectivity index (χ2n) is 5.78. The summed E-state index contributed by atoms with van der Waals surface area (Å²) in [4.78, 5) is 26.6. The minimum Gasteiger partial charge on any atom is -0.493 e. The van der Waals surface area contributed by atoms with Gasteiger partial charge in [0.2, 0.25) is 0 Å². The van der Waals surface area contributed by atoms with E-state index in [9.17, 15) is 9.59 Å². The molecule has 0 radical (unpaired) electrons. The Morgan fingerprint density at radius 1 is 1.14 bits per heavy atom. The third kappa shape index (κ3) is 4.00. The van der Waals surface area contributed by atoms with Crippen molar-refractivity contribution in [1.29, 1.82) is 0 Å². The van der Waals surface area contributed by atoms with E-state index < -0.39 is 11.8 Å². The van der Waals surface area contributed by atoms with Gasteiger partial charge in [-0.15, -0.1) is 0 Å². The van der Waals surface area contributed by atoms with Crippen molar-refractivity contribution in [2.24, 2.45) is 0 Å². The lowest BCUT2D eigenvalue weighted by Crippen LogP contribution is -2.54. The number of hydrogen-bond acceptors (Lipinski definition) is 5. The first-order valence-corrected chi connectivity index (χ1v) is 9.21. The molecule has 0 spiro atoms. The molecule has 1 N–H and O–H groups in total. The summed E-state index contributed by atoms with van der Waals surface area (Å²) in [7, 11) is 1.52. The maximum atomic E-state index is 13.0. The van der Waals surface area contributed by atoms with Crippen molar-refractivity contribution in [2.75, 3.05) is 18.6 Å². The fourth-order valence-corrected chi connectivity index (χ4v) is 3.10. The molecule has 1 aliphatic heterocycles. The van der Waals surface area contributed by atoms with E-state index in [4.69, 9.17) is 33.3 Å². The van der Waals surface area contributed by atoms with Crippen LogP contribution in [0.3, 0.4) is 0 Å². The summed E-state index contributed by atoms with van der Waals surface area (Å²) >= 11 is 11.1. The summed E-state index contributed by atoms with van der Waals surface area (Å²) in [6.45, 7) is 2.36. The molecule has 144 valence electrons. The van der Waals surface area contributed by atoms with Crippen molar-refractivity contribution in [3.8, 4) is 11.5 Å². The Kier molecular flexibility index (Phi) is 5.96. The fraction of sp³-hybridized carbons (Fsp3) is 0.150. The number of amides is 2. The Morgan fingerprint density at radius 3 is 2.50 bits per heavy atom. The number of ether oxygens (including phenoxy) is 2. The third-order valence-electron chi connectivity index (χ3n) is 3.99. The summed E-state index contributed by atoms with van der Waals surface area (Å²) in [5.41, 5.74) is 1.08. The van der Waals surface area contributed by atoms with Crippen LogP contribution in [0.4, 0.5) is 5.69 Å². The maximum absolute atomic E-state index is 13.0. The molecule has 1 aliphatic rings. The second kappa shape index (κ2) is 8.41. The number of methoxy groups -OCH3 is 1. The lowest BCUT2D eigenvalue weighted by Gasteiger charge is -2.29. The summed E-state index contributed by atoms with van der Waals surface area (Å²) in [6.07, 6.45) is 1.49. The van der Waals surface area contributed by atoms with Crippen LogP contribution in [0, 0.1) is 0 Å². The quantitative estimate of drug-likeness (QED) is 0.458. The monoisotopic (exact) mass is 416 g/mol. The highest BCUT2D eigenvalue weighted by Crippen LogP contribution is 2.30. The molecule has 0 aliphatic carbocycles. The van der Waals surface area contributed by atoms with Gasteiger partial charge in [-0.25, -0.2) is 0 Å². The Hall–Kier alpha value is -2.90. The van der Waals surface area contributed by atoms with Crippen LogP contribution in [0.2, 0.25) is 5.02 Å². The van der Waals surface area contributed by atoms with E-state index in [2.05, 4.69) is 5.32 Å². The molecule has 1 saturated heterocycles. The lowest BCUT2D eigenvalue weighted by molar-refractivity contribution is -0.122. The number of carbonyl (C=O) groups is 2. The highest BCUT2D eigenvalue weighted by molar-refractivity contribution is 7.80. The van der Waals surface area contributed by atoms with Gasteiger partial charge in [-0.1, -0.05) is 17.7 Å². The number of anilines is 1. The van der Waals surface area contributed by atoms with Crippen LogP contribution in [-0.4, -0.2) is 30.6 Å². The van der Waals surface area contributed by atoms with Crippen LogP contribution in [0.15, 0.2) is 48.0 Å². The van der Waals surface area contributed by atoms with Gasteiger partial charge in [-0.05, 0) is 67.2 Å². The van der Waals surface area contributed by atoms with E-state index in [0.29, 0.717) is 34.4 Å². The average Bonchev–Trinajstić information content (AvgIpc) is 2.67. The van der Waals surface area contributed by atoms with E-state index in [1.165, 1.54) is 18.1 Å². The van der Waals surface area contributed by atoms with Gasteiger partial charge in [0.25, 0.3) is 11.8 Å². The van der Waals surface area contributed by atoms with E-state index in [0.717, 1.165) is 0 Å². The summed E-state index contributed by atoms with van der Waals surface area (Å²) in [6, 6.07) is 11.7. The van der Waals surface area contributed by atoms with Gasteiger partial charge in [0.1, 0.15) is 5.57 Å². The van der Waals surface area contributed by atoms with E-state index in [1.54, 1.807) is 42.5 Å². The largest absolute Gasteiger partial charge is 0.493 e. The van der Waals surface area contributed by atoms with Gasteiger partial charge in [-0.3, -0.25) is 19.8 Å². The molecule has 8 heteroatoms. The standard InChI is InChI=1S/C20H17ClN2O4S/c1-3-27-16-9-4-12(11-17(16)26-2)10-15-18(24)22-20(28)23(19(15)25)14-7-5-13(21)6-8-14/h4-11H,3H2,1-2H3,(H,22,24,28)/b15-10-. The highest BCUT2D eigenvalue weighted by Gasteiger charge is 2.34. The van der Waals surface area contributed by atoms with E-state index >= 15 is 0 Å². The Morgan fingerprint density at radius 2 is 1.86 bits per heavy atom. The van der Waals surface area contributed by atoms with Crippen LogP contribution >= 0.6 is 23.8 Å². The minimum atomic E-state index is -0.562. The highest BCUT2D eigenvalue weighted by atomic mass is 35.5. The molecule has 1 heterocycles. The van der Waals surface area contributed by atoms with Gasteiger partial charge in [-0.2, -0.15) is 0 Å². The first-order chi connectivity index (χ1) is 13.4. The molecule has 0 atom stereocenters. The van der Waals surface area contributed by atoms with Gasteiger partial charge >= 0.3 is 0 Å². The van der Waals surface area contributed by atoms with Gasteiger partial charge in [0.15, 0.2) is 16.6 Å². The van der Waals surface area contributed by atoms with Crippen molar-refractivity contribution in [3.63, 3.8) is 0 Å². The van der Waals surface area contributed by atoms with Crippen LogP contribution in [0.1, 0.15) is 12.5 Å². The molecule has 0 aromatic heterocycles. The van der Waals surface area contributed by atoms with Crippen LogP contribution < -0.4 is 19.7 Å². The molecular weight excluding hydrogens is 400 g/mol. The van der Waals surface area contributed by atoms with Gasteiger partial charge in [0.05, 0.1) is 19.4 Å². The van der Waals surface area contributed by atoms with E-state index in [-0.39, 0.29) is 10.7 Å². The Balaban J connectivity index is 1.98. The molecule has 1 fully saturated rings. The number of nitrogens with one attached hydrogen (secondary N) is 1. The molecule has 0 saturated carbocycles. The number of nitrogens with zero attached hydrogens (tertiary/aromatic N) is 1. The summed E-state index contributed by atoms with van der Waals surface area (Å²) in [5.74, 6) is -0.00234. The van der Waals surface area contributed by atoms with Gasteiger partial charge < -0.3 is 9.47 Å². The normalized spacial score (nSPS) is 15.6. The number of hydrogen-bond donors (Lipinski definition) is 1. The van der Waals surface area contributed by atoms with Gasteiger partial charge in [0, 0.05) is 5.02 Å². The number of rotatable bonds is 5. The van der Waals surface area contributed by atoms with Crippen molar-refractivity contribution >= 4 is 52.5 Å². The van der Waals surface area contributed by atoms with Crippen molar-refractivity contribution in [1.82, 2.24) is 5.32 Å². The van der Waals surface area contributed by atoms with Crippen LogP contribution in [0.5, 0.6) is 11.5 Å². The minimum absolute atomic E-state index is 0.0127. The number of thiocarbonyl (C=S) groups is 1. The molecule has 2 aromatic rings. The molecule has 3 rings (SSSR count). The smallest absolute Gasteiger partial charge is 0.270 e. The molecule has 0 unspecified atom stereocenters.